The lowest BCUT2D eigenvalue weighted by atomic mass is 9.99. The highest BCUT2D eigenvalue weighted by molar-refractivity contribution is 7.16. The van der Waals surface area contributed by atoms with Crippen molar-refractivity contribution < 1.29 is 14.4 Å². The van der Waals surface area contributed by atoms with Crippen molar-refractivity contribution >= 4 is 39.7 Å². The second-order valence-corrected chi connectivity index (χ2v) is 7.63. The van der Waals surface area contributed by atoms with Gasteiger partial charge in [0.25, 0.3) is 17.7 Å². The Morgan fingerprint density at radius 2 is 1.79 bits per heavy atom. The molecule has 2 heterocycles. The maximum Gasteiger partial charge on any atom is 0.298 e. The quantitative estimate of drug-likeness (QED) is 0.653. The average molecular weight is 404 g/mol. The van der Waals surface area contributed by atoms with Gasteiger partial charge in [-0.25, -0.2) is 0 Å². The van der Waals surface area contributed by atoms with Gasteiger partial charge >= 0.3 is 0 Å². The second kappa shape index (κ2) is 7.40. The van der Waals surface area contributed by atoms with E-state index < -0.39 is 17.7 Å². The molecule has 0 saturated carbocycles. The zero-order valence-electron chi connectivity index (χ0n) is 15.4. The predicted octanol–water partition coefficient (Wildman–Crippen LogP) is 4.49. The molecule has 0 radical (unpaired) electrons. The van der Waals surface area contributed by atoms with Gasteiger partial charge in [-0.2, -0.15) is 0 Å². The van der Waals surface area contributed by atoms with E-state index in [4.69, 9.17) is 5.73 Å². The summed E-state index contributed by atoms with van der Waals surface area (Å²) in [5, 5.41) is 10.3. The lowest BCUT2D eigenvalue weighted by Gasteiger charge is -2.09. The summed E-state index contributed by atoms with van der Waals surface area (Å²) in [4.78, 5) is 37.6. The number of benzene rings is 2. The van der Waals surface area contributed by atoms with Crippen LogP contribution in [0.15, 0.2) is 64.8 Å². The zero-order valence-corrected chi connectivity index (χ0v) is 16.2. The summed E-state index contributed by atoms with van der Waals surface area (Å²) in [5.41, 5.74) is 7.49. The van der Waals surface area contributed by atoms with E-state index in [1.54, 1.807) is 18.2 Å². The van der Waals surface area contributed by atoms with E-state index in [1.165, 1.54) is 17.4 Å². The van der Waals surface area contributed by atoms with Gasteiger partial charge in [0.2, 0.25) is 0 Å². The lowest BCUT2D eigenvalue weighted by molar-refractivity contribution is 0.0978. The molecule has 1 atom stereocenters. The van der Waals surface area contributed by atoms with E-state index in [2.05, 4.69) is 15.5 Å². The first kappa shape index (κ1) is 18.7. The highest BCUT2D eigenvalue weighted by atomic mass is 32.1. The third kappa shape index (κ3) is 3.45. The molecule has 0 bridgehead atoms. The number of amides is 3. The van der Waals surface area contributed by atoms with Gasteiger partial charge < -0.3 is 11.1 Å². The fourth-order valence-corrected chi connectivity index (χ4v) is 4.30. The molecular formula is C21H16N4O3S. The van der Waals surface area contributed by atoms with Crippen molar-refractivity contribution in [2.45, 2.75) is 12.8 Å². The molecule has 0 saturated heterocycles. The second-order valence-electron chi connectivity index (χ2n) is 6.55. The van der Waals surface area contributed by atoms with Crippen molar-refractivity contribution in [3.05, 3.63) is 81.7 Å². The fraction of sp³-hybridized carbons (Fsp3) is 0.0952. The highest BCUT2D eigenvalue weighted by Gasteiger charge is 2.26. The number of rotatable bonds is 5. The molecule has 1 aromatic heterocycles. The Bertz CT molecular complexity index is 1170. The summed E-state index contributed by atoms with van der Waals surface area (Å²) in [7, 11) is 0. The molecule has 144 valence electrons. The van der Waals surface area contributed by atoms with Crippen molar-refractivity contribution in [2.24, 2.45) is 16.0 Å². The van der Waals surface area contributed by atoms with Crippen molar-refractivity contribution in [1.29, 1.82) is 0 Å². The Morgan fingerprint density at radius 3 is 2.52 bits per heavy atom. The van der Waals surface area contributed by atoms with Gasteiger partial charge in [-0.3, -0.25) is 14.4 Å². The Balaban J connectivity index is 1.67. The van der Waals surface area contributed by atoms with Gasteiger partial charge in [-0.1, -0.05) is 43.3 Å². The number of hydrogen-bond acceptors (Lipinski definition) is 5. The molecule has 1 aliphatic heterocycles. The van der Waals surface area contributed by atoms with E-state index in [9.17, 15) is 14.4 Å². The van der Waals surface area contributed by atoms with Crippen molar-refractivity contribution in [1.82, 2.24) is 0 Å². The number of hydrogen-bond donors (Lipinski definition) is 2. The molecule has 3 aromatic rings. The van der Waals surface area contributed by atoms with Crippen molar-refractivity contribution in [3.8, 4) is 0 Å². The summed E-state index contributed by atoms with van der Waals surface area (Å²) in [6.07, 6.45) is 0. The van der Waals surface area contributed by atoms with Crippen LogP contribution in [0.4, 0.5) is 10.7 Å². The van der Waals surface area contributed by atoms with E-state index in [0.717, 1.165) is 10.4 Å². The van der Waals surface area contributed by atoms with Crippen LogP contribution in [0.25, 0.3) is 0 Å². The van der Waals surface area contributed by atoms with Crippen molar-refractivity contribution in [3.63, 3.8) is 0 Å². The van der Waals surface area contributed by atoms with Gasteiger partial charge in [0.05, 0.1) is 22.4 Å². The predicted molar refractivity (Wildman–Crippen MR) is 110 cm³/mol. The molecular weight excluding hydrogens is 388 g/mol. The number of carbonyl (C=O) groups is 3. The number of nitrogens with zero attached hydrogens (tertiary/aromatic N) is 2. The number of nitrogens with two attached hydrogens (primary N) is 1. The first-order chi connectivity index (χ1) is 14.0. The Labute approximate surface area is 170 Å². The summed E-state index contributed by atoms with van der Waals surface area (Å²) in [5.74, 6) is -1.70. The normalized spacial score (nSPS) is 13.2. The van der Waals surface area contributed by atoms with E-state index >= 15 is 0 Å². The molecule has 29 heavy (non-hydrogen) atoms. The van der Waals surface area contributed by atoms with E-state index in [0.29, 0.717) is 10.7 Å². The maximum atomic E-state index is 12.9. The number of fused-ring (bicyclic) bond motifs is 1. The topological polar surface area (TPSA) is 114 Å². The van der Waals surface area contributed by atoms with Crippen LogP contribution in [-0.2, 0) is 0 Å². The van der Waals surface area contributed by atoms with Crippen LogP contribution in [0.3, 0.4) is 0 Å². The van der Waals surface area contributed by atoms with Gasteiger partial charge in [0, 0.05) is 10.8 Å². The van der Waals surface area contributed by atoms with Crippen LogP contribution in [0.2, 0.25) is 0 Å². The van der Waals surface area contributed by atoms with Crippen LogP contribution in [0, 0.1) is 0 Å². The molecule has 0 fully saturated rings. The third-order valence-corrected chi connectivity index (χ3v) is 5.95. The largest absolute Gasteiger partial charge is 0.366 e. The van der Waals surface area contributed by atoms with Crippen LogP contribution >= 0.6 is 11.3 Å². The zero-order chi connectivity index (χ0) is 20.5. The van der Waals surface area contributed by atoms with Crippen LogP contribution < -0.4 is 11.1 Å². The monoisotopic (exact) mass is 404 g/mol. The van der Waals surface area contributed by atoms with Crippen molar-refractivity contribution in [2.75, 3.05) is 5.32 Å². The Hall–Kier alpha value is -3.65. The molecule has 4 rings (SSSR count). The molecule has 8 heteroatoms. The molecule has 3 N–H and O–H groups in total. The van der Waals surface area contributed by atoms with Gasteiger partial charge in [-0.15, -0.1) is 21.6 Å². The van der Waals surface area contributed by atoms with E-state index in [-0.39, 0.29) is 22.6 Å². The van der Waals surface area contributed by atoms with Gasteiger partial charge in [0.15, 0.2) is 0 Å². The summed E-state index contributed by atoms with van der Waals surface area (Å²) < 4.78 is 0. The number of anilines is 1. The average Bonchev–Trinajstić information content (AvgIpc) is 3.32. The summed E-state index contributed by atoms with van der Waals surface area (Å²) in [6.45, 7) is 2.02. The first-order valence-electron chi connectivity index (χ1n) is 8.84. The van der Waals surface area contributed by atoms with Crippen LogP contribution in [0.1, 0.15) is 54.4 Å². The molecule has 3 amide bonds. The molecule has 1 aliphatic rings. The molecule has 0 spiro atoms. The number of nitrogens with one attached hydrogen (secondary N) is 1. The van der Waals surface area contributed by atoms with E-state index in [1.807, 2.05) is 37.3 Å². The number of carbonyl (C=O) groups excluding carboxylic acids is 3. The molecule has 0 aliphatic carbocycles. The lowest BCUT2D eigenvalue weighted by Crippen LogP contribution is -2.18. The third-order valence-electron chi connectivity index (χ3n) is 4.72. The summed E-state index contributed by atoms with van der Waals surface area (Å²) in [6, 6.07) is 16.3. The molecule has 7 nitrogen and oxygen atoms in total. The maximum absolute atomic E-state index is 12.9. The Morgan fingerprint density at radius 1 is 1.03 bits per heavy atom. The van der Waals surface area contributed by atoms with Crippen LogP contribution in [0.5, 0.6) is 0 Å². The first-order valence-corrected chi connectivity index (χ1v) is 9.66. The SMILES string of the molecule is CC(c1ccccc1)c1cc(C(N)=O)c(NC(=O)c2cccc3c2C(=O)N=N3)s1. The minimum absolute atomic E-state index is 0.0186. The smallest absolute Gasteiger partial charge is 0.298 e. The number of primary amides is 1. The van der Waals surface area contributed by atoms with Gasteiger partial charge in [-0.05, 0) is 23.8 Å². The Kier molecular flexibility index (Phi) is 4.77. The fourth-order valence-electron chi connectivity index (χ4n) is 3.16. The minimum atomic E-state index is -0.637. The minimum Gasteiger partial charge on any atom is -0.366 e. The van der Waals surface area contributed by atoms with Gasteiger partial charge in [0.1, 0.15) is 5.00 Å². The highest BCUT2D eigenvalue weighted by Crippen LogP contribution is 2.37. The molecule has 1 unspecified atom stereocenters. The summed E-state index contributed by atoms with van der Waals surface area (Å²) >= 11 is 1.28. The molecule has 2 aromatic carbocycles. The standard InChI is InChI=1S/C21H16N4O3S/c1-11(12-6-3-2-4-7-12)16-10-14(18(22)26)21(29-16)23-19(27)13-8-5-9-15-17(13)20(28)25-24-15/h2-11H,1H3,(H2,22,26)(H,23,27). The number of thiophene rings is 1. The number of azo groups is 1. The van der Waals surface area contributed by atoms with Crippen LogP contribution in [-0.4, -0.2) is 17.7 Å².